The Hall–Kier alpha value is -1.51. The molecular weight excluding hydrogens is 337 g/mol. The Morgan fingerprint density at radius 1 is 1.28 bits per heavy atom. The average Bonchev–Trinajstić information content (AvgIpc) is 2.68. The van der Waals surface area contributed by atoms with Crippen LogP contribution in [-0.2, 0) is 14.1 Å². The summed E-state index contributed by atoms with van der Waals surface area (Å²) in [5.74, 6) is 0.778. The number of aromatic nitrogens is 1. The molecule has 1 aromatic heterocycles. The third kappa shape index (κ3) is 4.37. The number of pyridine rings is 1. The Labute approximate surface area is 153 Å². The van der Waals surface area contributed by atoms with Gasteiger partial charge in [-0.1, -0.05) is 17.8 Å². The monoisotopic (exact) mass is 363 g/mol. The lowest BCUT2D eigenvalue weighted by Crippen LogP contribution is -2.41. The van der Waals surface area contributed by atoms with Gasteiger partial charge < -0.3 is 20.8 Å². The third-order valence-corrected chi connectivity index (χ3v) is 5.54. The van der Waals surface area contributed by atoms with Crippen molar-refractivity contribution in [3.63, 3.8) is 0 Å². The molecule has 0 amide bonds. The first-order valence-electron chi connectivity index (χ1n) is 8.15. The molecule has 0 radical (unpaired) electrons. The normalized spacial score (nSPS) is 19.3. The molecule has 0 atom stereocenters. The number of thioether (sulfide) groups is 1. The van der Waals surface area contributed by atoms with Crippen LogP contribution in [0.15, 0.2) is 11.5 Å². The molecule has 6 nitrogen and oxygen atoms in total. The lowest BCUT2D eigenvalue weighted by atomic mass is 9.78. The Morgan fingerprint density at radius 3 is 2.36 bits per heavy atom. The third-order valence-electron chi connectivity index (χ3n) is 4.65. The maximum absolute atomic E-state index is 11.4. The van der Waals surface area contributed by atoms with Gasteiger partial charge in [-0.15, -0.1) is 0 Å². The zero-order valence-corrected chi connectivity index (χ0v) is 16.5. The Morgan fingerprint density at radius 2 is 1.84 bits per heavy atom. The molecule has 25 heavy (non-hydrogen) atoms. The molecular formula is C17H26BN3O3S. The molecule has 1 aromatic rings. The summed E-state index contributed by atoms with van der Waals surface area (Å²) in [6.07, 6.45) is 1.93. The minimum absolute atomic E-state index is 0.0362. The minimum Gasteiger partial charge on any atom is -0.400 e. The highest BCUT2D eigenvalue weighted by molar-refractivity contribution is 8.13. The summed E-state index contributed by atoms with van der Waals surface area (Å²) in [6.45, 7) is 11.4. The van der Waals surface area contributed by atoms with E-state index in [1.165, 1.54) is 11.8 Å². The molecule has 4 N–H and O–H groups in total. The SMILES string of the molecule is CC(=O)SCC(=Cc1cc(N)c(N)nc1C)B1OC(C)(C)C(C)(C)O1. The van der Waals surface area contributed by atoms with Crippen molar-refractivity contribution in [3.8, 4) is 0 Å². The maximum Gasteiger partial charge on any atom is 0.491 e. The summed E-state index contributed by atoms with van der Waals surface area (Å²) in [5.41, 5.74) is 13.6. The molecule has 0 unspecified atom stereocenters. The van der Waals surface area contributed by atoms with Gasteiger partial charge in [0.05, 0.1) is 16.9 Å². The fraction of sp³-hybridized carbons (Fsp3) is 0.529. The molecule has 1 saturated heterocycles. The molecule has 0 aromatic carbocycles. The molecule has 1 aliphatic rings. The van der Waals surface area contributed by atoms with Gasteiger partial charge in [-0.2, -0.15) is 0 Å². The second kappa shape index (κ2) is 7.01. The number of hydrogen-bond acceptors (Lipinski definition) is 7. The average molecular weight is 363 g/mol. The van der Waals surface area contributed by atoms with E-state index in [2.05, 4.69) is 4.98 Å². The van der Waals surface area contributed by atoms with Crippen molar-refractivity contribution in [1.29, 1.82) is 0 Å². The number of carbonyl (C=O) groups excluding carboxylic acids is 1. The molecule has 0 bridgehead atoms. The zero-order chi connectivity index (χ0) is 19.0. The first-order valence-corrected chi connectivity index (χ1v) is 9.13. The minimum atomic E-state index is -0.532. The van der Waals surface area contributed by atoms with Gasteiger partial charge in [0.15, 0.2) is 5.12 Å². The van der Waals surface area contributed by atoms with E-state index < -0.39 is 18.3 Å². The van der Waals surface area contributed by atoms with Crippen LogP contribution in [0.25, 0.3) is 6.08 Å². The number of nitrogens with two attached hydrogens (primary N) is 2. The first-order chi connectivity index (χ1) is 11.4. The van der Waals surface area contributed by atoms with Crippen LogP contribution in [0.3, 0.4) is 0 Å². The number of carbonyl (C=O) groups is 1. The summed E-state index contributed by atoms with van der Waals surface area (Å²) >= 11 is 1.22. The molecule has 1 aliphatic heterocycles. The van der Waals surface area contributed by atoms with Gasteiger partial charge in [-0.25, -0.2) is 4.98 Å². The van der Waals surface area contributed by atoms with Crippen molar-refractivity contribution in [2.75, 3.05) is 17.2 Å². The van der Waals surface area contributed by atoms with Crippen LogP contribution < -0.4 is 11.5 Å². The van der Waals surface area contributed by atoms with Crippen molar-refractivity contribution in [2.24, 2.45) is 0 Å². The van der Waals surface area contributed by atoms with Crippen molar-refractivity contribution >= 4 is 41.6 Å². The van der Waals surface area contributed by atoms with Crippen LogP contribution in [0, 0.1) is 6.92 Å². The van der Waals surface area contributed by atoms with Crippen LogP contribution in [-0.4, -0.2) is 34.2 Å². The van der Waals surface area contributed by atoms with Crippen LogP contribution in [0.5, 0.6) is 0 Å². The van der Waals surface area contributed by atoms with E-state index in [4.69, 9.17) is 20.8 Å². The van der Waals surface area contributed by atoms with E-state index in [9.17, 15) is 4.79 Å². The Balaban J connectivity index is 2.40. The van der Waals surface area contributed by atoms with Crippen molar-refractivity contribution < 1.29 is 14.1 Å². The lowest BCUT2D eigenvalue weighted by molar-refractivity contribution is -0.109. The topological polar surface area (TPSA) is 100 Å². The number of nitrogen functional groups attached to an aromatic ring is 2. The predicted octanol–water partition coefficient (Wildman–Crippen LogP) is 2.85. The van der Waals surface area contributed by atoms with Crippen molar-refractivity contribution in [1.82, 2.24) is 4.98 Å². The Kier molecular flexibility index (Phi) is 5.56. The Bertz CT molecular complexity index is 703. The summed E-state index contributed by atoms with van der Waals surface area (Å²) in [6, 6.07) is 1.78. The van der Waals surface area contributed by atoms with E-state index in [0.717, 1.165) is 16.7 Å². The van der Waals surface area contributed by atoms with Crippen LogP contribution in [0.1, 0.15) is 45.9 Å². The highest BCUT2D eigenvalue weighted by Crippen LogP contribution is 2.39. The van der Waals surface area contributed by atoms with E-state index in [-0.39, 0.29) is 5.12 Å². The number of rotatable bonds is 4. The highest BCUT2D eigenvalue weighted by atomic mass is 32.2. The van der Waals surface area contributed by atoms with E-state index in [1.807, 2.05) is 40.7 Å². The van der Waals surface area contributed by atoms with Crippen LogP contribution in [0.2, 0.25) is 0 Å². The molecule has 0 saturated carbocycles. The van der Waals surface area contributed by atoms with E-state index in [1.54, 1.807) is 13.0 Å². The van der Waals surface area contributed by atoms with Gasteiger partial charge in [-0.3, -0.25) is 4.79 Å². The molecule has 8 heteroatoms. The second-order valence-electron chi connectivity index (χ2n) is 7.23. The first kappa shape index (κ1) is 19.8. The maximum atomic E-state index is 11.4. The number of anilines is 2. The van der Waals surface area contributed by atoms with E-state index >= 15 is 0 Å². The summed E-state index contributed by atoms with van der Waals surface area (Å²) in [4.78, 5) is 15.7. The van der Waals surface area contributed by atoms with Crippen LogP contribution in [0.4, 0.5) is 11.5 Å². The molecule has 2 heterocycles. The van der Waals surface area contributed by atoms with Gasteiger partial charge >= 0.3 is 7.12 Å². The number of aryl methyl sites for hydroxylation is 1. The molecule has 1 fully saturated rings. The molecule has 136 valence electrons. The van der Waals surface area contributed by atoms with Crippen molar-refractivity contribution in [3.05, 3.63) is 22.8 Å². The van der Waals surface area contributed by atoms with Gasteiger partial charge in [0.1, 0.15) is 5.82 Å². The van der Waals surface area contributed by atoms with Crippen molar-refractivity contribution in [2.45, 2.75) is 52.7 Å². The van der Waals surface area contributed by atoms with Gasteiger partial charge in [-0.05, 0) is 51.7 Å². The number of hydrogen-bond donors (Lipinski definition) is 2. The van der Waals surface area contributed by atoms with Gasteiger partial charge in [0.25, 0.3) is 0 Å². The lowest BCUT2D eigenvalue weighted by Gasteiger charge is -2.32. The standard InChI is InChI=1S/C17H26BN3O3S/c1-10-12(8-14(19)15(20)21-10)7-13(9-25-11(2)22)18-23-16(3,4)17(5,6)24-18/h7-8H,9,19H2,1-6H3,(H2,20,21). The molecule has 2 rings (SSSR count). The van der Waals surface area contributed by atoms with Gasteiger partial charge in [0.2, 0.25) is 0 Å². The van der Waals surface area contributed by atoms with Gasteiger partial charge in [0, 0.05) is 18.4 Å². The van der Waals surface area contributed by atoms with E-state index in [0.29, 0.717) is 17.3 Å². The smallest absolute Gasteiger partial charge is 0.400 e. The zero-order valence-electron chi connectivity index (χ0n) is 15.7. The summed E-state index contributed by atoms with van der Waals surface area (Å²) in [7, 11) is -0.532. The quantitative estimate of drug-likeness (QED) is 0.793. The summed E-state index contributed by atoms with van der Waals surface area (Å²) in [5, 5.41) is 0.0362. The highest BCUT2D eigenvalue weighted by Gasteiger charge is 2.52. The number of nitrogens with zero attached hydrogens (tertiary/aromatic N) is 1. The largest absolute Gasteiger partial charge is 0.491 e. The summed E-state index contributed by atoms with van der Waals surface area (Å²) < 4.78 is 12.3. The molecule has 0 spiro atoms. The second-order valence-corrected chi connectivity index (χ2v) is 8.38. The fourth-order valence-electron chi connectivity index (χ4n) is 2.36. The molecule has 0 aliphatic carbocycles. The fourth-order valence-corrected chi connectivity index (χ4v) is 2.95. The predicted molar refractivity (Wildman–Crippen MR) is 105 cm³/mol. The van der Waals surface area contributed by atoms with Crippen LogP contribution >= 0.6 is 11.8 Å².